The van der Waals surface area contributed by atoms with Gasteiger partial charge in [-0.05, 0) is 38.1 Å². The summed E-state index contributed by atoms with van der Waals surface area (Å²) in [4.78, 5) is 26.0. The first-order valence-corrected chi connectivity index (χ1v) is 7.70. The average molecular weight is 343 g/mol. The molecule has 0 aliphatic carbocycles. The van der Waals surface area contributed by atoms with Gasteiger partial charge in [0.15, 0.2) is 0 Å². The molecule has 3 amide bonds. The molecule has 1 fully saturated rings. The van der Waals surface area contributed by atoms with Crippen LogP contribution in [-0.2, 0) is 4.79 Å². The number of rotatable bonds is 4. The molecule has 1 saturated heterocycles. The van der Waals surface area contributed by atoms with E-state index in [1.807, 2.05) is 24.3 Å². The minimum Gasteiger partial charge on any atom is -0.324 e. The molecule has 0 saturated carbocycles. The van der Waals surface area contributed by atoms with Crippen LogP contribution in [0, 0.1) is 0 Å². The van der Waals surface area contributed by atoms with Gasteiger partial charge in [-0.15, -0.1) is 11.8 Å². The Bertz CT molecular complexity index is 502. The summed E-state index contributed by atoms with van der Waals surface area (Å²) in [6, 6.07) is 7.65. The second-order valence-corrected chi connectivity index (χ2v) is 6.90. The zero-order valence-electron chi connectivity index (χ0n) is 10.8. The van der Waals surface area contributed by atoms with E-state index in [4.69, 9.17) is 0 Å². The Balaban J connectivity index is 1.88. The molecule has 0 aromatic heterocycles. The van der Waals surface area contributed by atoms with Crippen LogP contribution in [0.25, 0.3) is 0 Å². The molecule has 0 unspecified atom stereocenters. The maximum Gasteiger partial charge on any atom is 0.325 e. The summed E-state index contributed by atoms with van der Waals surface area (Å²) in [6.07, 6.45) is 0. The highest BCUT2D eigenvalue weighted by Crippen LogP contribution is 2.22. The number of nitrogens with one attached hydrogen (secondary N) is 1. The van der Waals surface area contributed by atoms with E-state index in [1.54, 1.807) is 25.6 Å². The summed E-state index contributed by atoms with van der Waals surface area (Å²) in [7, 11) is 0. The molecule has 0 bridgehead atoms. The quantitative estimate of drug-likeness (QED) is 0.676. The highest BCUT2D eigenvalue weighted by molar-refractivity contribution is 9.10. The van der Waals surface area contributed by atoms with Crippen LogP contribution in [0.15, 0.2) is 33.6 Å². The molecule has 1 heterocycles. The molecule has 6 heteroatoms. The number of hydrogen-bond acceptors (Lipinski definition) is 3. The predicted molar refractivity (Wildman–Crippen MR) is 79.2 cm³/mol. The fourth-order valence-electron chi connectivity index (χ4n) is 1.81. The summed E-state index contributed by atoms with van der Waals surface area (Å²) in [5, 5.41) is 2.67. The first kappa shape index (κ1) is 14.4. The largest absolute Gasteiger partial charge is 0.325 e. The molecule has 19 heavy (non-hydrogen) atoms. The summed E-state index contributed by atoms with van der Waals surface area (Å²) >= 11 is 5.01. The summed E-state index contributed by atoms with van der Waals surface area (Å²) < 4.78 is 1.03. The third kappa shape index (κ3) is 3.30. The number of thioether (sulfide) groups is 1. The van der Waals surface area contributed by atoms with Crippen LogP contribution in [0.4, 0.5) is 4.79 Å². The van der Waals surface area contributed by atoms with Crippen LogP contribution >= 0.6 is 27.7 Å². The summed E-state index contributed by atoms with van der Waals surface area (Å²) in [5.41, 5.74) is -0.778. The zero-order chi connectivity index (χ0) is 14.0. The van der Waals surface area contributed by atoms with Gasteiger partial charge in [0.25, 0.3) is 5.91 Å². The van der Waals surface area contributed by atoms with Crippen LogP contribution in [0.1, 0.15) is 13.8 Å². The SMILES string of the molecule is CC1(C)NC(=O)N(CCSc2ccc(Br)cc2)C1=O. The van der Waals surface area contributed by atoms with E-state index in [1.165, 1.54) is 4.90 Å². The van der Waals surface area contributed by atoms with Crippen molar-refractivity contribution >= 4 is 39.6 Å². The lowest BCUT2D eigenvalue weighted by atomic mass is 10.1. The van der Waals surface area contributed by atoms with E-state index in [0.717, 1.165) is 9.37 Å². The van der Waals surface area contributed by atoms with Crippen molar-refractivity contribution in [3.05, 3.63) is 28.7 Å². The van der Waals surface area contributed by atoms with Crippen LogP contribution < -0.4 is 5.32 Å². The van der Waals surface area contributed by atoms with Crippen LogP contribution in [0.2, 0.25) is 0 Å². The number of urea groups is 1. The lowest BCUT2D eigenvalue weighted by Gasteiger charge is -2.15. The van der Waals surface area contributed by atoms with Gasteiger partial charge in [-0.3, -0.25) is 9.69 Å². The Morgan fingerprint density at radius 1 is 1.26 bits per heavy atom. The number of carbonyl (C=O) groups excluding carboxylic acids is 2. The molecule has 4 nitrogen and oxygen atoms in total. The molecule has 0 spiro atoms. The van der Waals surface area contributed by atoms with Gasteiger partial charge >= 0.3 is 6.03 Å². The highest BCUT2D eigenvalue weighted by atomic mass is 79.9. The van der Waals surface area contributed by atoms with Crippen LogP contribution in [0.5, 0.6) is 0 Å². The summed E-state index contributed by atoms with van der Waals surface area (Å²) in [6.45, 7) is 3.86. The average Bonchev–Trinajstić information content (AvgIpc) is 2.53. The van der Waals surface area contributed by atoms with Gasteiger partial charge in [-0.1, -0.05) is 15.9 Å². The standard InChI is InChI=1S/C13H15BrN2O2S/c1-13(2)11(17)16(12(18)15-13)7-8-19-10-5-3-9(14)4-6-10/h3-6H,7-8H2,1-2H3,(H,15,18). The van der Waals surface area contributed by atoms with Crippen molar-refractivity contribution in [3.63, 3.8) is 0 Å². The number of hydrogen-bond donors (Lipinski definition) is 1. The molecular weight excluding hydrogens is 328 g/mol. The van der Waals surface area contributed by atoms with Gasteiger partial charge in [0.1, 0.15) is 5.54 Å². The fourth-order valence-corrected chi connectivity index (χ4v) is 2.91. The molecule has 0 radical (unpaired) electrons. The number of benzene rings is 1. The van der Waals surface area contributed by atoms with Crippen molar-refractivity contribution in [1.82, 2.24) is 10.2 Å². The van der Waals surface area contributed by atoms with Crippen LogP contribution in [0.3, 0.4) is 0 Å². The Kier molecular flexibility index (Phi) is 4.20. The maximum absolute atomic E-state index is 12.0. The van der Waals surface area contributed by atoms with Crippen molar-refractivity contribution in [2.45, 2.75) is 24.3 Å². The first-order chi connectivity index (χ1) is 8.90. The van der Waals surface area contributed by atoms with Gasteiger partial charge in [0.05, 0.1) is 0 Å². The monoisotopic (exact) mass is 342 g/mol. The molecule has 2 rings (SSSR count). The second-order valence-electron chi connectivity index (χ2n) is 4.81. The van der Waals surface area contributed by atoms with Gasteiger partial charge < -0.3 is 5.32 Å². The highest BCUT2D eigenvalue weighted by Gasteiger charge is 2.43. The number of nitrogens with zero attached hydrogens (tertiary/aromatic N) is 1. The van der Waals surface area contributed by atoms with Crippen molar-refractivity contribution in [1.29, 1.82) is 0 Å². The van der Waals surface area contributed by atoms with E-state index in [0.29, 0.717) is 12.3 Å². The molecular formula is C13H15BrN2O2S. The van der Waals surface area contributed by atoms with Crippen molar-refractivity contribution in [3.8, 4) is 0 Å². The van der Waals surface area contributed by atoms with Crippen LogP contribution in [-0.4, -0.2) is 34.7 Å². The van der Waals surface area contributed by atoms with Gasteiger partial charge in [0, 0.05) is 21.7 Å². The van der Waals surface area contributed by atoms with E-state index < -0.39 is 5.54 Å². The zero-order valence-corrected chi connectivity index (χ0v) is 13.2. The lowest BCUT2D eigenvalue weighted by molar-refractivity contribution is -0.130. The molecule has 0 atom stereocenters. The molecule has 102 valence electrons. The molecule has 1 aromatic carbocycles. The smallest absolute Gasteiger partial charge is 0.324 e. The minimum absolute atomic E-state index is 0.158. The normalized spacial score (nSPS) is 17.7. The minimum atomic E-state index is -0.778. The molecule has 1 aliphatic heterocycles. The van der Waals surface area contributed by atoms with E-state index in [-0.39, 0.29) is 11.9 Å². The Morgan fingerprint density at radius 2 is 1.89 bits per heavy atom. The second kappa shape index (κ2) is 5.54. The van der Waals surface area contributed by atoms with Crippen molar-refractivity contribution in [2.24, 2.45) is 0 Å². The van der Waals surface area contributed by atoms with E-state index in [2.05, 4.69) is 21.2 Å². The predicted octanol–water partition coefficient (Wildman–Crippen LogP) is 2.87. The van der Waals surface area contributed by atoms with Gasteiger partial charge in [-0.25, -0.2) is 4.79 Å². The maximum atomic E-state index is 12.0. The number of imide groups is 1. The molecule has 1 aliphatic rings. The lowest BCUT2D eigenvalue weighted by Crippen LogP contribution is -2.40. The number of carbonyl (C=O) groups is 2. The fraction of sp³-hybridized carbons (Fsp3) is 0.385. The van der Waals surface area contributed by atoms with Crippen molar-refractivity contribution in [2.75, 3.05) is 12.3 Å². The summed E-state index contributed by atoms with van der Waals surface area (Å²) in [5.74, 6) is 0.533. The van der Waals surface area contributed by atoms with Crippen molar-refractivity contribution < 1.29 is 9.59 Å². The Hall–Kier alpha value is -1.01. The number of halogens is 1. The topological polar surface area (TPSA) is 49.4 Å². The van der Waals surface area contributed by atoms with Gasteiger partial charge in [0.2, 0.25) is 0 Å². The van der Waals surface area contributed by atoms with E-state index >= 15 is 0 Å². The molecule has 1 aromatic rings. The van der Waals surface area contributed by atoms with E-state index in [9.17, 15) is 9.59 Å². The van der Waals surface area contributed by atoms with Gasteiger partial charge in [-0.2, -0.15) is 0 Å². The third-order valence-corrected chi connectivity index (χ3v) is 4.36. The Morgan fingerprint density at radius 3 is 2.42 bits per heavy atom. The third-order valence-electron chi connectivity index (χ3n) is 2.84. The Labute approximate surface area is 125 Å². The molecule has 1 N–H and O–H groups in total. The number of amides is 3. The first-order valence-electron chi connectivity index (χ1n) is 5.92.